The van der Waals surface area contributed by atoms with Gasteiger partial charge in [0, 0.05) is 19.2 Å². The molecule has 0 aliphatic heterocycles. The molecule has 0 radical (unpaired) electrons. The van der Waals surface area contributed by atoms with Crippen LogP contribution in [0.15, 0.2) is 54.7 Å². The Morgan fingerprint density at radius 3 is 2.42 bits per heavy atom. The number of carboxylic acids is 1. The van der Waals surface area contributed by atoms with Gasteiger partial charge in [-0.25, -0.2) is 14.6 Å². The van der Waals surface area contributed by atoms with Gasteiger partial charge in [-0.15, -0.1) is 0 Å². The van der Waals surface area contributed by atoms with Gasteiger partial charge in [-0.05, 0) is 36.5 Å². The fraction of sp³-hybridized carbons (Fsp3) is 0.250. The molecule has 2 rings (SSSR count). The molecule has 2 aromatic rings. The second-order valence-electron chi connectivity index (χ2n) is 5.64. The molecule has 26 heavy (non-hydrogen) atoms. The van der Waals surface area contributed by atoms with Crippen LogP contribution < -0.4 is 0 Å². The van der Waals surface area contributed by atoms with Crippen LogP contribution in [0.4, 0.5) is 4.79 Å². The molecule has 134 valence electrons. The Bertz CT molecular complexity index is 782. The van der Waals surface area contributed by atoms with Gasteiger partial charge in [0.25, 0.3) is 0 Å². The highest BCUT2D eigenvalue weighted by molar-refractivity contribution is 5.79. The summed E-state index contributed by atoms with van der Waals surface area (Å²) in [6.07, 6.45) is 1.45. The van der Waals surface area contributed by atoms with E-state index < -0.39 is 18.1 Å². The van der Waals surface area contributed by atoms with Crippen LogP contribution in [0.5, 0.6) is 0 Å². The first-order valence-corrected chi connectivity index (χ1v) is 8.24. The fourth-order valence-electron chi connectivity index (χ4n) is 2.49. The number of carbonyl (C=O) groups is 2. The number of hydrogen-bond acceptors (Lipinski definition) is 3. The average molecular weight is 352 g/mol. The fourth-order valence-corrected chi connectivity index (χ4v) is 2.49. The Morgan fingerprint density at radius 2 is 1.81 bits per heavy atom. The van der Waals surface area contributed by atoms with Crippen molar-refractivity contribution in [3.63, 3.8) is 0 Å². The summed E-state index contributed by atoms with van der Waals surface area (Å²) in [5, 5.41) is 18.8. The summed E-state index contributed by atoms with van der Waals surface area (Å²) in [7, 11) is 0. The zero-order chi connectivity index (χ0) is 18.8. The lowest BCUT2D eigenvalue weighted by Gasteiger charge is -2.24. The lowest BCUT2D eigenvalue weighted by atomic mass is 10.1. The Labute approximate surface area is 152 Å². The van der Waals surface area contributed by atoms with Gasteiger partial charge in [0.15, 0.2) is 0 Å². The van der Waals surface area contributed by atoms with E-state index in [1.54, 1.807) is 24.4 Å². The van der Waals surface area contributed by atoms with Crippen LogP contribution in [-0.2, 0) is 11.2 Å². The summed E-state index contributed by atoms with van der Waals surface area (Å²) in [6.45, 7) is 0.131. The first kappa shape index (κ1) is 19.0. The second kappa shape index (κ2) is 9.84. The van der Waals surface area contributed by atoms with E-state index in [-0.39, 0.29) is 13.0 Å². The molecule has 0 aliphatic carbocycles. The van der Waals surface area contributed by atoms with Crippen LogP contribution in [0.25, 0.3) is 0 Å². The van der Waals surface area contributed by atoms with Crippen molar-refractivity contribution in [1.82, 2.24) is 9.88 Å². The van der Waals surface area contributed by atoms with E-state index in [0.717, 1.165) is 10.5 Å². The largest absolute Gasteiger partial charge is 0.480 e. The number of pyridine rings is 1. The summed E-state index contributed by atoms with van der Waals surface area (Å²) in [4.78, 5) is 28.0. The number of amides is 1. The molecule has 0 aliphatic rings. The predicted molar refractivity (Wildman–Crippen MR) is 96.6 cm³/mol. The standard InChI is InChI=1S/C20H20N2O4/c23-19(24)18(13-6-12-17-11-4-5-14-21-17)22(20(25)26)15-7-10-16-8-2-1-3-9-16/h1-5,8-9,11,14,18H,7,10,13,15H2,(H,23,24)(H,25,26). The minimum atomic E-state index is -1.26. The number of nitrogens with zero attached hydrogens (tertiary/aromatic N) is 2. The number of carboxylic acid groups (broad SMARTS) is 2. The van der Waals surface area contributed by atoms with Crippen LogP contribution >= 0.6 is 0 Å². The summed E-state index contributed by atoms with van der Waals surface area (Å²) >= 11 is 0. The molecule has 6 nitrogen and oxygen atoms in total. The van der Waals surface area contributed by atoms with Crippen LogP contribution in [0, 0.1) is 11.8 Å². The van der Waals surface area contributed by atoms with Crippen molar-refractivity contribution in [1.29, 1.82) is 0 Å². The van der Waals surface area contributed by atoms with Crippen molar-refractivity contribution in [2.45, 2.75) is 25.3 Å². The number of rotatable bonds is 7. The molecular formula is C20H20N2O4. The number of aryl methyl sites for hydroxylation is 1. The molecule has 0 spiro atoms. The monoisotopic (exact) mass is 352 g/mol. The first-order chi connectivity index (χ1) is 12.6. The maximum Gasteiger partial charge on any atom is 0.408 e. The summed E-state index contributed by atoms with van der Waals surface area (Å²) in [5.74, 6) is 4.28. The number of hydrogen-bond donors (Lipinski definition) is 2. The van der Waals surface area contributed by atoms with Crippen LogP contribution in [0.2, 0.25) is 0 Å². The molecule has 1 amide bonds. The van der Waals surface area contributed by atoms with Crippen molar-refractivity contribution in [2.75, 3.05) is 6.54 Å². The number of benzene rings is 1. The molecule has 1 unspecified atom stereocenters. The van der Waals surface area contributed by atoms with Gasteiger partial charge < -0.3 is 10.2 Å². The Morgan fingerprint density at radius 1 is 1.08 bits per heavy atom. The Balaban J connectivity index is 2.00. The lowest BCUT2D eigenvalue weighted by molar-refractivity contribution is -0.142. The van der Waals surface area contributed by atoms with Crippen LogP contribution in [0.1, 0.15) is 24.1 Å². The molecule has 1 aromatic carbocycles. The molecule has 0 saturated heterocycles. The highest BCUT2D eigenvalue weighted by Gasteiger charge is 2.28. The number of aromatic nitrogens is 1. The summed E-state index contributed by atoms with van der Waals surface area (Å²) < 4.78 is 0. The van der Waals surface area contributed by atoms with E-state index in [9.17, 15) is 19.8 Å². The highest BCUT2D eigenvalue weighted by Crippen LogP contribution is 2.09. The summed E-state index contributed by atoms with van der Waals surface area (Å²) in [6, 6.07) is 13.7. The number of aliphatic carboxylic acids is 1. The van der Waals surface area contributed by atoms with Crippen LogP contribution in [-0.4, -0.2) is 44.7 Å². The quantitative estimate of drug-likeness (QED) is 0.748. The molecule has 0 saturated carbocycles. The van der Waals surface area contributed by atoms with Gasteiger partial charge in [0.2, 0.25) is 0 Å². The maximum atomic E-state index is 11.5. The van der Waals surface area contributed by atoms with Gasteiger partial charge in [-0.2, -0.15) is 0 Å². The highest BCUT2D eigenvalue weighted by atomic mass is 16.4. The summed E-state index contributed by atoms with van der Waals surface area (Å²) in [5.41, 5.74) is 1.60. The normalized spacial score (nSPS) is 11.1. The predicted octanol–water partition coefficient (Wildman–Crippen LogP) is 2.89. The first-order valence-electron chi connectivity index (χ1n) is 8.24. The maximum absolute atomic E-state index is 11.5. The average Bonchev–Trinajstić information content (AvgIpc) is 2.64. The minimum Gasteiger partial charge on any atom is -0.480 e. The van der Waals surface area contributed by atoms with E-state index in [1.807, 2.05) is 30.3 Å². The van der Waals surface area contributed by atoms with Crippen molar-refractivity contribution < 1.29 is 19.8 Å². The molecule has 1 atom stereocenters. The molecule has 1 heterocycles. The molecule has 2 N–H and O–H groups in total. The Kier molecular flexibility index (Phi) is 7.19. The van der Waals surface area contributed by atoms with E-state index >= 15 is 0 Å². The van der Waals surface area contributed by atoms with Gasteiger partial charge in [0.1, 0.15) is 11.7 Å². The second-order valence-corrected chi connectivity index (χ2v) is 5.64. The zero-order valence-electron chi connectivity index (χ0n) is 14.2. The van der Waals surface area contributed by atoms with Gasteiger partial charge in [-0.1, -0.05) is 42.3 Å². The van der Waals surface area contributed by atoms with Crippen LogP contribution in [0.3, 0.4) is 0 Å². The topological polar surface area (TPSA) is 90.7 Å². The SMILES string of the molecule is O=C(O)C(CC#Cc1ccccn1)N(CCCc1ccccc1)C(=O)O. The van der Waals surface area contributed by atoms with E-state index in [1.165, 1.54) is 0 Å². The van der Waals surface area contributed by atoms with Gasteiger partial charge in [0.05, 0.1) is 0 Å². The molecule has 1 aromatic heterocycles. The van der Waals surface area contributed by atoms with Gasteiger partial charge >= 0.3 is 12.1 Å². The van der Waals surface area contributed by atoms with E-state index in [4.69, 9.17) is 0 Å². The van der Waals surface area contributed by atoms with E-state index in [2.05, 4.69) is 16.8 Å². The third kappa shape index (κ3) is 5.95. The Hall–Kier alpha value is -3.33. The third-order valence-corrected chi connectivity index (χ3v) is 3.79. The molecule has 6 heteroatoms. The zero-order valence-corrected chi connectivity index (χ0v) is 14.2. The minimum absolute atomic E-state index is 0.0937. The lowest BCUT2D eigenvalue weighted by Crippen LogP contribution is -2.44. The molecule has 0 bridgehead atoms. The van der Waals surface area contributed by atoms with E-state index in [0.29, 0.717) is 18.5 Å². The molecule has 0 fully saturated rings. The third-order valence-electron chi connectivity index (χ3n) is 3.79. The van der Waals surface area contributed by atoms with Crippen molar-refractivity contribution in [3.05, 3.63) is 66.0 Å². The molecular weight excluding hydrogens is 332 g/mol. The van der Waals surface area contributed by atoms with Crippen molar-refractivity contribution in [2.24, 2.45) is 0 Å². The van der Waals surface area contributed by atoms with Crippen molar-refractivity contribution >= 4 is 12.1 Å². The van der Waals surface area contributed by atoms with Gasteiger partial charge in [-0.3, -0.25) is 4.90 Å². The smallest absolute Gasteiger partial charge is 0.408 e. The van der Waals surface area contributed by atoms with Crippen molar-refractivity contribution in [3.8, 4) is 11.8 Å².